The molecule has 0 saturated heterocycles. The third-order valence-corrected chi connectivity index (χ3v) is 4.69. The first-order valence-electron chi connectivity index (χ1n) is 8.63. The number of amides is 1. The fraction of sp³-hybridized carbons (Fsp3) is 0.706. The van der Waals surface area contributed by atoms with Crippen LogP contribution in [0.4, 0.5) is 5.95 Å². The van der Waals surface area contributed by atoms with Crippen LogP contribution in [0.15, 0.2) is 6.20 Å². The zero-order valence-electron chi connectivity index (χ0n) is 14.1. The van der Waals surface area contributed by atoms with E-state index in [2.05, 4.69) is 29.1 Å². The number of nitrogens with one attached hydrogen (secondary N) is 1. The Kier molecular flexibility index (Phi) is 6.33. The Morgan fingerprint density at radius 2 is 2.17 bits per heavy atom. The maximum Gasteiger partial charge on any atom is 0.252 e. The van der Waals surface area contributed by atoms with Gasteiger partial charge in [-0.05, 0) is 44.4 Å². The van der Waals surface area contributed by atoms with Crippen molar-refractivity contribution in [2.75, 3.05) is 5.32 Å². The number of nitrogens with two attached hydrogens (primary N) is 1. The van der Waals surface area contributed by atoms with Crippen molar-refractivity contribution in [3.05, 3.63) is 17.5 Å². The van der Waals surface area contributed by atoms with Crippen molar-refractivity contribution in [3.63, 3.8) is 0 Å². The summed E-state index contributed by atoms with van der Waals surface area (Å²) < 4.78 is 0. The molecule has 1 heterocycles. The molecule has 0 aliphatic heterocycles. The minimum atomic E-state index is -0.495. The minimum Gasteiger partial charge on any atom is -0.393 e. The van der Waals surface area contributed by atoms with E-state index in [1.54, 1.807) is 0 Å². The molecule has 4 N–H and O–H groups in total. The van der Waals surface area contributed by atoms with Crippen LogP contribution in [0.5, 0.6) is 0 Å². The van der Waals surface area contributed by atoms with Gasteiger partial charge in [-0.15, -0.1) is 0 Å². The molecule has 1 aromatic heterocycles. The number of primary amides is 1. The lowest BCUT2D eigenvalue weighted by Crippen LogP contribution is -2.25. The second kappa shape index (κ2) is 8.24. The molecular formula is C17H28N4O2. The summed E-state index contributed by atoms with van der Waals surface area (Å²) in [6.45, 7) is 4.23. The van der Waals surface area contributed by atoms with E-state index in [9.17, 15) is 9.90 Å². The van der Waals surface area contributed by atoms with Crippen LogP contribution >= 0.6 is 0 Å². The lowest BCUT2D eigenvalue weighted by Gasteiger charge is -2.26. The van der Waals surface area contributed by atoms with E-state index >= 15 is 0 Å². The quantitative estimate of drug-likeness (QED) is 0.715. The molecule has 0 unspecified atom stereocenters. The first-order chi connectivity index (χ1) is 11.0. The van der Waals surface area contributed by atoms with Gasteiger partial charge in [0.05, 0.1) is 17.4 Å². The van der Waals surface area contributed by atoms with Crippen LogP contribution in [0, 0.1) is 5.92 Å². The van der Waals surface area contributed by atoms with Gasteiger partial charge in [-0.2, -0.15) is 0 Å². The van der Waals surface area contributed by atoms with E-state index < -0.39 is 5.91 Å². The van der Waals surface area contributed by atoms with Gasteiger partial charge >= 0.3 is 0 Å². The number of rotatable bonds is 7. The third kappa shape index (κ3) is 4.89. The first-order valence-corrected chi connectivity index (χ1v) is 8.63. The average Bonchev–Trinajstić information content (AvgIpc) is 2.52. The minimum absolute atomic E-state index is 0.241. The van der Waals surface area contributed by atoms with E-state index in [1.807, 2.05) is 0 Å². The molecule has 1 amide bonds. The number of aliphatic hydroxyl groups is 1. The second-order valence-corrected chi connectivity index (χ2v) is 6.47. The number of carbonyl (C=O) groups excluding carboxylic acids is 1. The van der Waals surface area contributed by atoms with Gasteiger partial charge in [-0.25, -0.2) is 9.97 Å². The summed E-state index contributed by atoms with van der Waals surface area (Å²) in [6, 6.07) is 0.318. The molecule has 0 radical (unpaired) electrons. The maximum atomic E-state index is 11.6. The lowest BCUT2D eigenvalue weighted by atomic mass is 9.84. The highest BCUT2D eigenvalue weighted by molar-refractivity contribution is 5.93. The van der Waals surface area contributed by atoms with E-state index in [1.165, 1.54) is 6.20 Å². The van der Waals surface area contributed by atoms with Crippen LogP contribution in [0.1, 0.15) is 68.4 Å². The van der Waals surface area contributed by atoms with E-state index in [0.717, 1.165) is 38.5 Å². The predicted octanol–water partition coefficient (Wildman–Crippen LogP) is 2.27. The van der Waals surface area contributed by atoms with Crippen LogP contribution in [0.3, 0.4) is 0 Å². The van der Waals surface area contributed by atoms with Crippen LogP contribution in [-0.4, -0.2) is 33.1 Å². The van der Waals surface area contributed by atoms with Gasteiger partial charge in [-0.3, -0.25) is 4.79 Å². The fourth-order valence-electron chi connectivity index (χ4n) is 3.24. The molecule has 1 aliphatic carbocycles. The number of anilines is 1. The largest absolute Gasteiger partial charge is 0.393 e. The van der Waals surface area contributed by atoms with E-state index in [0.29, 0.717) is 35.6 Å². The van der Waals surface area contributed by atoms with Crippen molar-refractivity contribution < 1.29 is 9.90 Å². The molecule has 2 rings (SSSR count). The Labute approximate surface area is 137 Å². The van der Waals surface area contributed by atoms with Gasteiger partial charge < -0.3 is 16.2 Å². The van der Waals surface area contributed by atoms with Crippen molar-refractivity contribution in [3.8, 4) is 0 Å². The van der Waals surface area contributed by atoms with E-state index in [4.69, 9.17) is 5.73 Å². The summed E-state index contributed by atoms with van der Waals surface area (Å²) in [5.74, 6) is 0.397. The molecule has 6 nitrogen and oxygen atoms in total. The number of aliphatic hydroxyl groups excluding tert-OH is 1. The Bertz CT molecular complexity index is 531. The first kappa shape index (κ1) is 17.7. The molecule has 1 aromatic rings. The Morgan fingerprint density at radius 3 is 2.78 bits per heavy atom. The van der Waals surface area contributed by atoms with Gasteiger partial charge in [-0.1, -0.05) is 20.3 Å². The Hall–Kier alpha value is -1.69. The molecule has 0 bridgehead atoms. The molecular weight excluding hydrogens is 292 g/mol. The number of hydrogen-bond acceptors (Lipinski definition) is 5. The fourth-order valence-corrected chi connectivity index (χ4v) is 3.24. The summed E-state index contributed by atoms with van der Waals surface area (Å²) >= 11 is 0. The Balaban J connectivity index is 2.18. The van der Waals surface area contributed by atoms with Gasteiger partial charge in [0, 0.05) is 12.2 Å². The van der Waals surface area contributed by atoms with E-state index in [-0.39, 0.29) is 6.10 Å². The molecule has 1 aliphatic rings. The highest BCUT2D eigenvalue weighted by Gasteiger charge is 2.23. The summed E-state index contributed by atoms with van der Waals surface area (Å²) in [5.41, 5.74) is 6.55. The highest BCUT2D eigenvalue weighted by Crippen LogP contribution is 2.28. The SMILES string of the molecule is CCC(CC)Nc1ncc(C(N)=O)c(C[C@@H]2CCC[C@H](O)C2)n1. The number of hydrogen-bond donors (Lipinski definition) is 3. The normalized spacial score (nSPS) is 21.4. The van der Waals surface area contributed by atoms with Crippen LogP contribution in [0.25, 0.3) is 0 Å². The second-order valence-electron chi connectivity index (χ2n) is 6.47. The molecule has 128 valence electrons. The number of aromatic nitrogens is 2. The van der Waals surface area contributed by atoms with Crippen molar-refractivity contribution >= 4 is 11.9 Å². The average molecular weight is 320 g/mol. The predicted molar refractivity (Wildman–Crippen MR) is 90.2 cm³/mol. The standard InChI is InChI=1S/C17H28N4O2/c1-3-12(4-2)20-17-19-10-14(16(18)23)15(21-17)9-11-6-5-7-13(22)8-11/h10-13,22H,3-9H2,1-2H3,(H2,18,23)(H,19,20,21)/t11-,13+/m1/s1. The molecule has 23 heavy (non-hydrogen) atoms. The topological polar surface area (TPSA) is 101 Å². The smallest absolute Gasteiger partial charge is 0.252 e. The van der Waals surface area contributed by atoms with Crippen LogP contribution in [-0.2, 0) is 6.42 Å². The van der Waals surface area contributed by atoms with Crippen molar-refractivity contribution in [1.29, 1.82) is 0 Å². The summed E-state index contributed by atoms with van der Waals surface area (Å²) in [6.07, 6.45) is 7.61. The van der Waals surface area contributed by atoms with Gasteiger partial charge in [0.1, 0.15) is 0 Å². The van der Waals surface area contributed by atoms with Crippen molar-refractivity contribution in [2.45, 2.75) is 70.9 Å². The monoisotopic (exact) mass is 320 g/mol. The van der Waals surface area contributed by atoms with Crippen molar-refractivity contribution in [2.24, 2.45) is 11.7 Å². The van der Waals surface area contributed by atoms with Gasteiger partial charge in [0.2, 0.25) is 5.95 Å². The Morgan fingerprint density at radius 1 is 1.43 bits per heavy atom. The molecule has 0 aromatic carbocycles. The highest BCUT2D eigenvalue weighted by atomic mass is 16.3. The summed E-state index contributed by atoms with van der Waals surface area (Å²) in [7, 11) is 0. The zero-order chi connectivity index (χ0) is 16.8. The molecule has 1 saturated carbocycles. The maximum absolute atomic E-state index is 11.6. The number of nitrogens with zero attached hydrogens (tertiary/aromatic N) is 2. The third-order valence-electron chi connectivity index (χ3n) is 4.69. The summed E-state index contributed by atoms with van der Waals surface area (Å²) in [5, 5.41) is 13.1. The van der Waals surface area contributed by atoms with Gasteiger partial charge in [0.25, 0.3) is 5.91 Å². The van der Waals surface area contributed by atoms with Crippen LogP contribution < -0.4 is 11.1 Å². The van der Waals surface area contributed by atoms with Crippen LogP contribution in [0.2, 0.25) is 0 Å². The van der Waals surface area contributed by atoms with Gasteiger partial charge in [0.15, 0.2) is 0 Å². The van der Waals surface area contributed by atoms with Crippen molar-refractivity contribution in [1.82, 2.24) is 9.97 Å². The number of carbonyl (C=O) groups is 1. The molecule has 6 heteroatoms. The molecule has 1 fully saturated rings. The summed E-state index contributed by atoms with van der Waals surface area (Å²) in [4.78, 5) is 20.4. The zero-order valence-corrected chi connectivity index (χ0v) is 14.1. The molecule has 2 atom stereocenters. The lowest BCUT2D eigenvalue weighted by molar-refractivity contribution is 0.0987. The molecule has 0 spiro atoms.